The van der Waals surface area contributed by atoms with E-state index in [0.29, 0.717) is 0 Å². The van der Waals surface area contributed by atoms with Crippen LogP contribution < -0.4 is 0 Å². The predicted molar refractivity (Wildman–Crippen MR) is 70.7 cm³/mol. The molecule has 17 heavy (non-hydrogen) atoms. The quantitative estimate of drug-likeness (QED) is 0.741. The zero-order chi connectivity index (χ0) is 12.7. The van der Waals surface area contributed by atoms with E-state index >= 15 is 0 Å². The lowest BCUT2D eigenvalue weighted by Gasteiger charge is -1.91. The summed E-state index contributed by atoms with van der Waals surface area (Å²) in [4.78, 5) is 0.136. The number of benzene rings is 2. The van der Waals surface area contributed by atoms with Crippen LogP contribution in [0.1, 0.15) is 5.56 Å². The molecule has 0 heterocycles. The lowest BCUT2D eigenvalue weighted by atomic mass is 10.2. The van der Waals surface area contributed by atoms with Crippen LogP contribution >= 0.6 is 10.7 Å². The van der Waals surface area contributed by atoms with Gasteiger partial charge in [0, 0.05) is 10.7 Å². The third-order valence-electron chi connectivity index (χ3n) is 1.97. The predicted octanol–water partition coefficient (Wildman–Crippen LogP) is 3.61. The monoisotopic (exact) mass is 268 g/mol. The van der Waals surface area contributed by atoms with Gasteiger partial charge in [-0.05, 0) is 19.1 Å². The SMILES string of the molecule is Cc1ccccc1.O=S(=O)(Cl)c1ccccc1. The fraction of sp³-hybridized carbons (Fsp3) is 0.0769. The summed E-state index contributed by atoms with van der Waals surface area (Å²) in [5.41, 5.74) is 1.32. The van der Waals surface area contributed by atoms with E-state index in [0.717, 1.165) is 0 Å². The van der Waals surface area contributed by atoms with E-state index in [1.54, 1.807) is 18.2 Å². The lowest BCUT2D eigenvalue weighted by molar-refractivity contribution is 0.609. The van der Waals surface area contributed by atoms with Crippen LogP contribution in [0, 0.1) is 6.92 Å². The van der Waals surface area contributed by atoms with Crippen LogP contribution in [0.2, 0.25) is 0 Å². The van der Waals surface area contributed by atoms with Gasteiger partial charge in [-0.3, -0.25) is 0 Å². The Morgan fingerprint density at radius 2 is 1.24 bits per heavy atom. The van der Waals surface area contributed by atoms with Gasteiger partial charge in [-0.25, -0.2) is 8.42 Å². The van der Waals surface area contributed by atoms with Crippen LogP contribution in [0.4, 0.5) is 0 Å². The molecule has 0 saturated heterocycles. The highest BCUT2D eigenvalue weighted by molar-refractivity contribution is 8.13. The van der Waals surface area contributed by atoms with Crippen LogP contribution in [0.5, 0.6) is 0 Å². The summed E-state index contributed by atoms with van der Waals surface area (Å²) < 4.78 is 21.2. The number of hydrogen-bond donors (Lipinski definition) is 0. The maximum Gasteiger partial charge on any atom is 0.261 e. The van der Waals surface area contributed by atoms with Gasteiger partial charge in [0.15, 0.2) is 0 Å². The summed E-state index contributed by atoms with van der Waals surface area (Å²) in [5, 5.41) is 0. The molecule has 0 unspecified atom stereocenters. The molecule has 0 fully saturated rings. The zero-order valence-corrected chi connectivity index (χ0v) is 10.9. The maximum atomic E-state index is 10.6. The molecule has 4 heteroatoms. The second-order valence-corrected chi connectivity index (χ2v) is 5.97. The molecule has 2 aromatic rings. The molecule has 0 aliphatic heterocycles. The first kappa shape index (κ1) is 13.7. The number of hydrogen-bond acceptors (Lipinski definition) is 2. The summed E-state index contributed by atoms with van der Waals surface area (Å²) in [7, 11) is 1.50. The second kappa shape index (κ2) is 6.42. The van der Waals surface area contributed by atoms with Crippen molar-refractivity contribution in [3.8, 4) is 0 Å². The minimum absolute atomic E-state index is 0.136. The van der Waals surface area contributed by atoms with Crippen LogP contribution in [0.3, 0.4) is 0 Å². The summed E-state index contributed by atoms with van der Waals surface area (Å²) >= 11 is 0. The van der Waals surface area contributed by atoms with Crippen LogP contribution in [-0.4, -0.2) is 8.42 Å². The fourth-order valence-corrected chi connectivity index (χ4v) is 1.91. The Morgan fingerprint density at radius 1 is 0.824 bits per heavy atom. The minimum Gasteiger partial charge on any atom is -0.207 e. The lowest BCUT2D eigenvalue weighted by Crippen LogP contribution is -1.87. The van der Waals surface area contributed by atoms with Crippen molar-refractivity contribution in [2.45, 2.75) is 11.8 Å². The Morgan fingerprint density at radius 3 is 1.47 bits per heavy atom. The molecule has 0 atom stereocenters. The molecule has 0 aliphatic carbocycles. The molecule has 90 valence electrons. The first-order valence-electron chi connectivity index (χ1n) is 5.01. The summed E-state index contributed by atoms with van der Waals surface area (Å²) in [5.74, 6) is 0. The third-order valence-corrected chi connectivity index (χ3v) is 3.33. The van der Waals surface area contributed by atoms with E-state index in [9.17, 15) is 8.42 Å². The molecule has 0 spiro atoms. The summed E-state index contributed by atoms with van der Waals surface area (Å²) in [6.07, 6.45) is 0. The molecular weight excluding hydrogens is 256 g/mol. The van der Waals surface area contributed by atoms with Gasteiger partial charge in [-0.2, -0.15) is 0 Å². The molecule has 0 bridgehead atoms. The van der Waals surface area contributed by atoms with E-state index in [1.165, 1.54) is 17.7 Å². The summed E-state index contributed by atoms with van der Waals surface area (Å²) in [6, 6.07) is 18.1. The molecule has 2 rings (SSSR count). The second-order valence-electron chi connectivity index (χ2n) is 3.41. The van der Waals surface area contributed by atoms with Crippen molar-refractivity contribution >= 4 is 19.7 Å². The Bertz CT molecular complexity index is 536. The van der Waals surface area contributed by atoms with E-state index in [1.807, 2.05) is 18.2 Å². The molecule has 2 aromatic carbocycles. The highest BCUT2D eigenvalue weighted by atomic mass is 35.7. The standard InChI is InChI=1S/C7H8.C6H5ClO2S/c1-7-5-3-2-4-6-7;7-10(8,9)6-4-2-1-3-5-6/h2-6H,1H3;1-5H. The number of aryl methyl sites for hydroxylation is 1. The molecule has 0 aliphatic rings. The first-order valence-corrected chi connectivity index (χ1v) is 7.32. The molecule has 0 aromatic heterocycles. The van der Waals surface area contributed by atoms with Crippen molar-refractivity contribution in [3.63, 3.8) is 0 Å². The van der Waals surface area contributed by atoms with Crippen molar-refractivity contribution in [2.75, 3.05) is 0 Å². The smallest absolute Gasteiger partial charge is 0.207 e. The number of rotatable bonds is 1. The van der Waals surface area contributed by atoms with E-state index in [-0.39, 0.29) is 4.90 Å². The van der Waals surface area contributed by atoms with Gasteiger partial charge in [0.25, 0.3) is 9.05 Å². The van der Waals surface area contributed by atoms with Crippen molar-refractivity contribution in [2.24, 2.45) is 0 Å². The zero-order valence-electron chi connectivity index (χ0n) is 9.38. The van der Waals surface area contributed by atoms with Gasteiger partial charge in [0.2, 0.25) is 0 Å². The average molecular weight is 269 g/mol. The van der Waals surface area contributed by atoms with Crippen molar-refractivity contribution in [1.82, 2.24) is 0 Å². The highest BCUT2D eigenvalue weighted by Crippen LogP contribution is 2.12. The molecule has 0 saturated carbocycles. The van der Waals surface area contributed by atoms with Crippen LogP contribution in [0.15, 0.2) is 65.6 Å². The molecule has 2 nitrogen and oxygen atoms in total. The minimum atomic E-state index is -3.53. The van der Waals surface area contributed by atoms with Crippen LogP contribution in [-0.2, 0) is 9.05 Å². The van der Waals surface area contributed by atoms with E-state index in [2.05, 4.69) is 19.1 Å². The van der Waals surface area contributed by atoms with Crippen molar-refractivity contribution in [3.05, 3.63) is 66.2 Å². The summed E-state index contributed by atoms with van der Waals surface area (Å²) in [6.45, 7) is 2.08. The molecule has 0 radical (unpaired) electrons. The Kier molecular flexibility index (Phi) is 5.19. The van der Waals surface area contributed by atoms with Gasteiger partial charge in [-0.1, -0.05) is 54.1 Å². The van der Waals surface area contributed by atoms with Crippen LogP contribution in [0.25, 0.3) is 0 Å². The van der Waals surface area contributed by atoms with E-state index in [4.69, 9.17) is 10.7 Å². The Hall–Kier alpha value is -1.32. The Balaban J connectivity index is 0.000000181. The Labute approximate surface area is 106 Å². The fourth-order valence-electron chi connectivity index (χ4n) is 1.12. The number of halogens is 1. The first-order chi connectivity index (χ1) is 8.00. The van der Waals surface area contributed by atoms with E-state index < -0.39 is 9.05 Å². The average Bonchev–Trinajstić information content (AvgIpc) is 2.31. The van der Waals surface area contributed by atoms with Crippen molar-refractivity contribution < 1.29 is 8.42 Å². The highest BCUT2D eigenvalue weighted by Gasteiger charge is 2.06. The molecular formula is C13H13ClO2S. The topological polar surface area (TPSA) is 34.1 Å². The van der Waals surface area contributed by atoms with Gasteiger partial charge >= 0.3 is 0 Å². The van der Waals surface area contributed by atoms with Gasteiger partial charge in [0.1, 0.15) is 0 Å². The maximum absolute atomic E-state index is 10.6. The molecule has 0 amide bonds. The van der Waals surface area contributed by atoms with Gasteiger partial charge in [-0.15, -0.1) is 0 Å². The van der Waals surface area contributed by atoms with Gasteiger partial charge < -0.3 is 0 Å². The van der Waals surface area contributed by atoms with Gasteiger partial charge in [0.05, 0.1) is 4.90 Å². The molecule has 0 N–H and O–H groups in total. The third kappa shape index (κ3) is 5.52. The largest absolute Gasteiger partial charge is 0.261 e. The normalized spacial score (nSPS) is 10.2. The van der Waals surface area contributed by atoms with Crippen molar-refractivity contribution in [1.29, 1.82) is 0 Å².